The highest BCUT2D eigenvalue weighted by molar-refractivity contribution is 5.75. The van der Waals surface area contributed by atoms with Gasteiger partial charge in [0.25, 0.3) is 0 Å². The van der Waals surface area contributed by atoms with E-state index in [1.54, 1.807) is 6.07 Å². The second-order valence-electron chi connectivity index (χ2n) is 2.47. The van der Waals surface area contributed by atoms with Crippen LogP contribution >= 0.6 is 0 Å². The normalized spacial score (nSPS) is 8.71. The van der Waals surface area contributed by atoms with Crippen LogP contribution in [0.4, 0.5) is 0 Å². The van der Waals surface area contributed by atoms with Crippen LogP contribution in [0.3, 0.4) is 0 Å². The minimum atomic E-state index is -0.306. The summed E-state index contributed by atoms with van der Waals surface area (Å²) in [6.45, 7) is -0.00539. The van der Waals surface area contributed by atoms with Gasteiger partial charge in [-0.05, 0) is 0 Å². The lowest BCUT2D eigenvalue weighted by molar-refractivity contribution is -0.121. The quantitative estimate of drug-likeness (QED) is 0.642. The van der Waals surface area contributed by atoms with E-state index in [1.165, 1.54) is 17.1 Å². The third-order valence-electron chi connectivity index (χ3n) is 1.43. The van der Waals surface area contributed by atoms with Crippen molar-refractivity contribution in [3.8, 4) is 12.1 Å². The SMILES string of the molecule is N#CCNC(=O)Cn1cc(C#N)cn1. The molecule has 6 nitrogen and oxygen atoms in total. The summed E-state index contributed by atoms with van der Waals surface area (Å²) >= 11 is 0. The average Bonchev–Trinajstić information content (AvgIpc) is 2.62. The molecule has 0 aliphatic rings. The van der Waals surface area contributed by atoms with E-state index in [2.05, 4.69) is 10.4 Å². The van der Waals surface area contributed by atoms with Gasteiger partial charge in [-0.25, -0.2) is 0 Å². The van der Waals surface area contributed by atoms with Crippen molar-refractivity contribution >= 4 is 5.91 Å². The van der Waals surface area contributed by atoms with E-state index in [1.807, 2.05) is 6.07 Å². The Balaban J connectivity index is 2.49. The maximum Gasteiger partial charge on any atom is 0.242 e. The van der Waals surface area contributed by atoms with Crippen molar-refractivity contribution in [1.82, 2.24) is 15.1 Å². The number of hydrogen-bond donors (Lipinski definition) is 1. The lowest BCUT2D eigenvalue weighted by atomic mass is 10.4. The van der Waals surface area contributed by atoms with Gasteiger partial charge in [-0.1, -0.05) is 0 Å². The number of hydrogen-bond acceptors (Lipinski definition) is 4. The molecule has 0 aliphatic heterocycles. The Bertz CT molecular complexity index is 408. The zero-order valence-electron chi connectivity index (χ0n) is 7.27. The molecule has 0 atom stereocenters. The highest BCUT2D eigenvalue weighted by Crippen LogP contribution is 1.93. The first kappa shape index (κ1) is 9.75. The van der Waals surface area contributed by atoms with Crippen LogP contribution in [0.2, 0.25) is 0 Å². The summed E-state index contributed by atoms with van der Waals surface area (Å²) in [7, 11) is 0. The zero-order chi connectivity index (χ0) is 10.4. The predicted octanol–water partition coefficient (Wildman–Crippen LogP) is -0.605. The van der Waals surface area contributed by atoms with Crippen LogP contribution in [-0.2, 0) is 11.3 Å². The van der Waals surface area contributed by atoms with Crippen molar-refractivity contribution in [2.45, 2.75) is 6.54 Å². The number of amides is 1. The Morgan fingerprint density at radius 2 is 2.43 bits per heavy atom. The van der Waals surface area contributed by atoms with Crippen molar-refractivity contribution in [3.05, 3.63) is 18.0 Å². The number of carbonyl (C=O) groups is 1. The minimum absolute atomic E-state index is 0.0172. The summed E-state index contributed by atoms with van der Waals surface area (Å²) in [5, 5.41) is 22.8. The van der Waals surface area contributed by atoms with E-state index in [0.29, 0.717) is 5.56 Å². The van der Waals surface area contributed by atoms with Crippen molar-refractivity contribution in [3.63, 3.8) is 0 Å². The van der Waals surface area contributed by atoms with Crippen LogP contribution in [-0.4, -0.2) is 22.2 Å². The average molecular weight is 189 g/mol. The van der Waals surface area contributed by atoms with E-state index in [-0.39, 0.29) is 19.0 Å². The number of nitrogens with one attached hydrogen (secondary N) is 1. The largest absolute Gasteiger partial charge is 0.341 e. The molecule has 1 rings (SSSR count). The smallest absolute Gasteiger partial charge is 0.242 e. The fourth-order valence-electron chi connectivity index (χ4n) is 0.849. The van der Waals surface area contributed by atoms with Crippen LogP contribution in [0, 0.1) is 22.7 Å². The van der Waals surface area contributed by atoms with Gasteiger partial charge >= 0.3 is 0 Å². The maximum absolute atomic E-state index is 11.1. The van der Waals surface area contributed by atoms with Crippen LogP contribution in [0.25, 0.3) is 0 Å². The van der Waals surface area contributed by atoms with E-state index < -0.39 is 0 Å². The van der Waals surface area contributed by atoms with E-state index >= 15 is 0 Å². The van der Waals surface area contributed by atoms with Gasteiger partial charge in [0.1, 0.15) is 19.2 Å². The topological polar surface area (TPSA) is 94.5 Å². The lowest BCUT2D eigenvalue weighted by Crippen LogP contribution is -2.27. The molecule has 0 spiro atoms. The van der Waals surface area contributed by atoms with Crippen molar-refractivity contribution < 1.29 is 4.79 Å². The number of aromatic nitrogens is 2. The number of nitrogens with zero attached hydrogens (tertiary/aromatic N) is 4. The molecule has 1 amide bonds. The van der Waals surface area contributed by atoms with Crippen molar-refractivity contribution in [1.29, 1.82) is 10.5 Å². The monoisotopic (exact) mass is 189 g/mol. The molecule has 0 saturated carbocycles. The molecular formula is C8H7N5O. The van der Waals surface area contributed by atoms with Gasteiger partial charge < -0.3 is 5.32 Å². The molecule has 0 bridgehead atoms. The second-order valence-corrected chi connectivity index (χ2v) is 2.47. The number of carbonyl (C=O) groups excluding carboxylic acids is 1. The second kappa shape index (κ2) is 4.63. The van der Waals surface area contributed by atoms with Gasteiger partial charge in [0.05, 0.1) is 17.8 Å². The summed E-state index contributed by atoms with van der Waals surface area (Å²) < 4.78 is 1.34. The molecule has 14 heavy (non-hydrogen) atoms. The molecule has 0 unspecified atom stereocenters. The van der Waals surface area contributed by atoms with Gasteiger partial charge in [0, 0.05) is 6.20 Å². The number of rotatable bonds is 3. The first-order chi connectivity index (χ1) is 6.76. The highest BCUT2D eigenvalue weighted by Gasteiger charge is 2.03. The van der Waals surface area contributed by atoms with Gasteiger partial charge in [-0.3, -0.25) is 9.48 Å². The molecular weight excluding hydrogens is 182 g/mol. The Labute approximate surface area is 80.4 Å². The zero-order valence-corrected chi connectivity index (χ0v) is 7.27. The third-order valence-corrected chi connectivity index (χ3v) is 1.43. The molecule has 0 aliphatic carbocycles. The Morgan fingerprint density at radius 1 is 1.64 bits per heavy atom. The van der Waals surface area contributed by atoms with Crippen LogP contribution in [0.5, 0.6) is 0 Å². The molecule has 6 heteroatoms. The highest BCUT2D eigenvalue weighted by atomic mass is 16.2. The van der Waals surface area contributed by atoms with Crippen LogP contribution in [0.15, 0.2) is 12.4 Å². The standard InChI is InChI=1S/C8H7N5O/c9-1-2-11-8(14)6-13-5-7(3-10)4-12-13/h4-5H,2,6H2,(H,11,14). The van der Waals surface area contributed by atoms with Gasteiger partial charge in [-0.15, -0.1) is 0 Å². The fraction of sp³-hybridized carbons (Fsp3) is 0.250. The number of nitriles is 2. The molecule has 1 N–H and O–H groups in total. The molecule has 1 heterocycles. The molecule has 1 aromatic rings. The lowest BCUT2D eigenvalue weighted by Gasteiger charge is -1.99. The Kier molecular flexibility index (Phi) is 3.22. The Hall–Kier alpha value is -2.34. The molecule has 0 fully saturated rings. The van der Waals surface area contributed by atoms with E-state index in [4.69, 9.17) is 10.5 Å². The molecule has 0 aromatic carbocycles. The molecule has 0 radical (unpaired) electrons. The minimum Gasteiger partial charge on any atom is -0.341 e. The molecule has 0 saturated heterocycles. The summed E-state index contributed by atoms with van der Waals surface area (Å²) in [6, 6.07) is 3.68. The van der Waals surface area contributed by atoms with Crippen molar-refractivity contribution in [2.75, 3.05) is 6.54 Å². The fourth-order valence-corrected chi connectivity index (χ4v) is 0.849. The van der Waals surface area contributed by atoms with Crippen molar-refractivity contribution in [2.24, 2.45) is 0 Å². The van der Waals surface area contributed by atoms with Crippen LogP contribution < -0.4 is 5.32 Å². The molecule has 70 valence electrons. The first-order valence-corrected chi connectivity index (χ1v) is 3.82. The van der Waals surface area contributed by atoms with E-state index in [9.17, 15) is 4.79 Å². The van der Waals surface area contributed by atoms with Gasteiger partial charge in [0.2, 0.25) is 5.91 Å². The predicted molar refractivity (Wildman–Crippen MR) is 45.6 cm³/mol. The summed E-state index contributed by atoms with van der Waals surface area (Å²) in [6.07, 6.45) is 2.84. The van der Waals surface area contributed by atoms with E-state index in [0.717, 1.165) is 0 Å². The first-order valence-electron chi connectivity index (χ1n) is 3.82. The summed E-state index contributed by atoms with van der Waals surface area (Å²) in [4.78, 5) is 11.1. The van der Waals surface area contributed by atoms with Gasteiger partial charge in [-0.2, -0.15) is 15.6 Å². The summed E-state index contributed by atoms with van der Waals surface area (Å²) in [5.41, 5.74) is 0.401. The third kappa shape index (κ3) is 2.61. The molecule has 1 aromatic heterocycles. The summed E-state index contributed by atoms with van der Waals surface area (Å²) in [5.74, 6) is -0.306. The van der Waals surface area contributed by atoms with Crippen LogP contribution in [0.1, 0.15) is 5.56 Å². The maximum atomic E-state index is 11.1. The Morgan fingerprint density at radius 3 is 3.00 bits per heavy atom. The van der Waals surface area contributed by atoms with Gasteiger partial charge in [0.15, 0.2) is 0 Å².